The molecule has 3 N–H and O–H groups in total. The van der Waals surface area contributed by atoms with E-state index in [4.69, 9.17) is 5.73 Å². The van der Waals surface area contributed by atoms with E-state index >= 15 is 0 Å². The molecule has 0 aromatic heterocycles. The molecule has 0 heterocycles. The van der Waals surface area contributed by atoms with Gasteiger partial charge in [-0.2, -0.15) is 0 Å². The Kier molecular flexibility index (Phi) is 4.88. The van der Waals surface area contributed by atoms with Gasteiger partial charge in [-0.05, 0) is 31.0 Å². The lowest BCUT2D eigenvalue weighted by molar-refractivity contribution is 0.452. The van der Waals surface area contributed by atoms with Gasteiger partial charge in [0.15, 0.2) is 0 Å². The van der Waals surface area contributed by atoms with Crippen molar-refractivity contribution in [2.24, 2.45) is 5.73 Å². The first-order valence-corrected chi connectivity index (χ1v) is 4.30. The van der Waals surface area contributed by atoms with Crippen molar-refractivity contribution in [3.63, 3.8) is 0 Å². The van der Waals surface area contributed by atoms with Gasteiger partial charge in [0.1, 0.15) is 11.6 Å². The van der Waals surface area contributed by atoms with Crippen LogP contribution < -0.4 is 5.73 Å². The van der Waals surface area contributed by atoms with E-state index in [0.717, 1.165) is 0 Å². The molecule has 0 aliphatic rings. The largest absolute Gasteiger partial charge is 0.507 e. The normalized spacial score (nSPS) is 12.0. The monoisotopic (exact) mass is 219 g/mol. The first kappa shape index (κ1) is 13.2. The summed E-state index contributed by atoms with van der Waals surface area (Å²) in [5, 5.41) is 9.58. The van der Waals surface area contributed by atoms with Crippen molar-refractivity contribution in [3.8, 4) is 5.75 Å². The Hall–Kier alpha value is -0.800. The minimum absolute atomic E-state index is 0. The highest BCUT2D eigenvalue weighted by molar-refractivity contribution is 5.85. The van der Waals surface area contributed by atoms with Crippen LogP contribution in [0, 0.1) is 12.7 Å². The lowest BCUT2D eigenvalue weighted by Gasteiger charge is -2.12. The maximum absolute atomic E-state index is 12.9. The van der Waals surface area contributed by atoms with Gasteiger partial charge in [0, 0.05) is 11.6 Å². The molecule has 0 unspecified atom stereocenters. The fourth-order valence-electron chi connectivity index (χ4n) is 1.26. The van der Waals surface area contributed by atoms with Crippen molar-refractivity contribution >= 4 is 12.4 Å². The van der Waals surface area contributed by atoms with Crippen LogP contribution in [0.15, 0.2) is 12.1 Å². The standard InChI is InChI=1S/C10H14FNO.ClH/c1-3-9(12)8-5-7(11)4-6(2)10(8)13;/h4-5,9,13H,3,12H2,1-2H3;1H/t9-;/m0./s1. The zero-order valence-corrected chi connectivity index (χ0v) is 9.07. The van der Waals surface area contributed by atoms with Gasteiger partial charge in [-0.15, -0.1) is 12.4 Å². The first-order valence-electron chi connectivity index (χ1n) is 4.30. The minimum Gasteiger partial charge on any atom is -0.507 e. The molecule has 1 aromatic rings. The predicted octanol–water partition coefficient (Wildman–Crippen LogP) is 2.67. The molecule has 0 radical (unpaired) electrons. The number of hydrogen-bond donors (Lipinski definition) is 2. The molecule has 14 heavy (non-hydrogen) atoms. The Morgan fingerprint density at radius 2 is 2.07 bits per heavy atom. The molecule has 80 valence electrons. The van der Waals surface area contributed by atoms with Crippen LogP contribution in [0.1, 0.15) is 30.5 Å². The van der Waals surface area contributed by atoms with E-state index in [-0.39, 0.29) is 30.0 Å². The number of phenolic OH excluding ortho intramolecular Hbond substituents is 1. The van der Waals surface area contributed by atoms with Crippen LogP contribution in [0.4, 0.5) is 4.39 Å². The molecule has 0 bridgehead atoms. The molecule has 2 nitrogen and oxygen atoms in total. The fraction of sp³-hybridized carbons (Fsp3) is 0.400. The summed E-state index contributed by atoms with van der Waals surface area (Å²) in [5.74, 6) is -0.245. The van der Waals surface area contributed by atoms with Gasteiger partial charge in [0.25, 0.3) is 0 Å². The Balaban J connectivity index is 0.00000169. The van der Waals surface area contributed by atoms with E-state index in [1.807, 2.05) is 6.92 Å². The van der Waals surface area contributed by atoms with Crippen LogP contribution in [0.3, 0.4) is 0 Å². The maximum Gasteiger partial charge on any atom is 0.124 e. The van der Waals surface area contributed by atoms with Gasteiger partial charge in [-0.1, -0.05) is 6.92 Å². The third-order valence-electron chi connectivity index (χ3n) is 2.13. The van der Waals surface area contributed by atoms with Crippen LogP contribution >= 0.6 is 12.4 Å². The number of benzene rings is 1. The van der Waals surface area contributed by atoms with Crippen LogP contribution in [0.5, 0.6) is 5.75 Å². The molecule has 0 aliphatic carbocycles. The second-order valence-corrected chi connectivity index (χ2v) is 3.18. The Labute approximate surface area is 89.3 Å². The summed E-state index contributed by atoms with van der Waals surface area (Å²) in [7, 11) is 0. The van der Waals surface area contributed by atoms with Crippen molar-refractivity contribution in [2.45, 2.75) is 26.3 Å². The third kappa shape index (κ3) is 2.59. The van der Waals surface area contributed by atoms with Crippen molar-refractivity contribution in [1.82, 2.24) is 0 Å². The lowest BCUT2D eigenvalue weighted by atomic mass is 10.0. The second kappa shape index (κ2) is 5.17. The molecule has 1 rings (SSSR count). The lowest BCUT2D eigenvalue weighted by Crippen LogP contribution is -2.09. The summed E-state index contributed by atoms with van der Waals surface area (Å²) in [4.78, 5) is 0. The van der Waals surface area contributed by atoms with E-state index in [2.05, 4.69) is 0 Å². The molecular formula is C10H15ClFNO. The number of rotatable bonds is 2. The van der Waals surface area contributed by atoms with Gasteiger partial charge >= 0.3 is 0 Å². The first-order chi connectivity index (χ1) is 6.06. The molecule has 0 saturated heterocycles. The van der Waals surface area contributed by atoms with Gasteiger partial charge < -0.3 is 10.8 Å². The quantitative estimate of drug-likeness (QED) is 0.804. The molecule has 1 aromatic carbocycles. The molecule has 1 atom stereocenters. The number of halogens is 2. The number of phenols is 1. The summed E-state index contributed by atoms with van der Waals surface area (Å²) >= 11 is 0. The predicted molar refractivity (Wildman–Crippen MR) is 57.3 cm³/mol. The Morgan fingerprint density at radius 3 is 2.57 bits per heavy atom. The highest BCUT2D eigenvalue weighted by Gasteiger charge is 2.12. The van der Waals surface area contributed by atoms with Gasteiger partial charge in [-0.3, -0.25) is 0 Å². The van der Waals surface area contributed by atoms with Gasteiger partial charge in [0.2, 0.25) is 0 Å². The number of aromatic hydroxyl groups is 1. The fourth-order valence-corrected chi connectivity index (χ4v) is 1.26. The van der Waals surface area contributed by atoms with Crippen molar-refractivity contribution < 1.29 is 9.50 Å². The van der Waals surface area contributed by atoms with Crippen molar-refractivity contribution in [1.29, 1.82) is 0 Å². The Morgan fingerprint density at radius 1 is 1.50 bits per heavy atom. The maximum atomic E-state index is 12.9. The number of hydrogen-bond acceptors (Lipinski definition) is 2. The van der Waals surface area contributed by atoms with E-state index in [0.29, 0.717) is 17.5 Å². The van der Waals surface area contributed by atoms with E-state index in [1.54, 1.807) is 6.92 Å². The zero-order chi connectivity index (χ0) is 10.0. The average Bonchev–Trinajstić information content (AvgIpc) is 2.10. The minimum atomic E-state index is -0.353. The molecular weight excluding hydrogens is 205 g/mol. The van der Waals surface area contributed by atoms with Crippen LogP contribution in [-0.2, 0) is 0 Å². The van der Waals surface area contributed by atoms with Crippen LogP contribution in [0.25, 0.3) is 0 Å². The van der Waals surface area contributed by atoms with E-state index in [9.17, 15) is 9.50 Å². The molecule has 0 amide bonds. The summed E-state index contributed by atoms with van der Waals surface area (Å²) in [6, 6.07) is 2.28. The van der Waals surface area contributed by atoms with Crippen molar-refractivity contribution in [2.75, 3.05) is 0 Å². The van der Waals surface area contributed by atoms with Gasteiger partial charge in [-0.25, -0.2) is 4.39 Å². The topological polar surface area (TPSA) is 46.2 Å². The second-order valence-electron chi connectivity index (χ2n) is 3.18. The highest BCUT2D eigenvalue weighted by atomic mass is 35.5. The SMILES string of the molecule is CC[C@H](N)c1cc(F)cc(C)c1O.Cl. The Bertz CT molecular complexity index is 317. The number of aryl methyl sites for hydroxylation is 1. The van der Waals surface area contributed by atoms with Gasteiger partial charge in [0.05, 0.1) is 0 Å². The van der Waals surface area contributed by atoms with Crippen LogP contribution in [-0.4, -0.2) is 5.11 Å². The highest BCUT2D eigenvalue weighted by Crippen LogP contribution is 2.28. The molecule has 4 heteroatoms. The van der Waals surface area contributed by atoms with Crippen molar-refractivity contribution in [3.05, 3.63) is 29.1 Å². The summed E-state index contributed by atoms with van der Waals surface area (Å²) in [6.07, 6.45) is 0.677. The molecule has 0 spiro atoms. The summed E-state index contributed by atoms with van der Waals surface area (Å²) in [5.41, 5.74) is 6.72. The summed E-state index contributed by atoms with van der Waals surface area (Å²) in [6.45, 7) is 3.55. The van der Waals surface area contributed by atoms with Crippen LogP contribution in [0.2, 0.25) is 0 Å². The number of nitrogens with two attached hydrogens (primary N) is 1. The molecule has 0 aliphatic heterocycles. The zero-order valence-electron chi connectivity index (χ0n) is 8.25. The smallest absolute Gasteiger partial charge is 0.124 e. The third-order valence-corrected chi connectivity index (χ3v) is 2.13. The van der Waals surface area contributed by atoms with E-state index in [1.165, 1.54) is 12.1 Å². The molecule has 0 fully saturated rings. The summed E-state index contributed by atoms with van der Waals surface area (Å²) < 4.78 is 12.9. The average molecular weight is 220 g/mol. The van der Waals surface area contributed by atoms with E-state index < -0.39 is 0 Å². The molecule has 0 saturated carbocycles.